The highest BCUT2D eigenvalue weighted by Gasteiger charge is 2.43. The lowest BCUT2D eigenvalue weighted by molar-refractivity contribution is -0.151. The topological polar surface area (TPSA) is 75.6 Å². The summed E-state index contributed by atoms with van der Waals surface area (Å²) in [6.45, 7) is 4.13. The minimum atomic E-state index is -1.02. The predicted molar refractivity (Wildman–Crippen MR) is 71.8 cm³/mol. The minimum absolute atomic E-state index is 0.288. The molecular weight excluding hydrogens is 246 g/mol. The number of ether oxygens (including phenoxy) is 1. The van der Waals surface area contributed by atoms with Crippen LogP contribution in [0.25, 0.3) is 0 Å². The SMILES string of the molecule is C/C=C/CC(NC(=O)C1(OCC)CCCC1)C(=O)O. The van der Waals surface area contributed by atoms with Crippen LogP contribution in [0, 0.1) is 0 Å². The Labute approximate surface area is 114 Å². The summed E-state index contributed by atoms with van der Waals surface area (Å²) in [7, 11) is 0. The lowest BCUT2D eigenvalue weighted by Crippen LogP contribution is -2.52. The Balaban J connectivity index is 2.71. The first-order chi connectivity index (χ1) is 9.05. The van der Waals surface area contributed by atoms with E-state index in [4.69, 9.17) is 9.84 Å². The van der Waals surface area contributed by atoms with Gasteiger partial charge in [0.1, 0.15) is 11.6 Å². The molecule has 2 N–H and O–H groups in total. The molecule has 0 saturated heterocycles. The zero-order valence-electron chi connectivity index (χ0n) is 11.6. The average molecular weight is 269 g/mol. The Morgan fingerprint density at radius 2 is 2.05 bits per heavy atom. The van der Waals surface area contributed by atoms with E-state index in [0.29, 0.717) is 25.9 Å². The molecule has 19 heavy (non-hydrogen) atoms. The molecule has 1 aliphatic carbocycles. The van der Waals surface area contributed by atoms with Crippen molar-refractivity contribution in [3.63, 3.8) is 0 Å². The molecule has 0 aliphatic heterocycles. The lowest BCUT2D eigenvalue weighted by atomic mass is 10.00. The van der Waals surface area contributed by atoms with Crippen molar-refractivity contribution in [3.8, 4) is 0 Å². The molecule has 1 aliphatic rings. The third-order valence-corrected chi connectivity index (χ3v) is 3.46. The van der Waals surface area contributed by atoms with Crippen LogP contribution in [0.3, 0.4) is 0 Å². The van der Waals surface area contributed by atoms with Crippen LogP contribution in [-0.2, 0) is 14.3 Å². The molecule has 1 amide bonds. The van der Waals surface area contributed by atoms with Gasteiger partial charge in [-0.25, -0.2) is 4.79 Å². The summed E-state index contributed by atoms with van der Waals surface area (Å²) in [5.74, 6) is -1.31. The van der Waals surface area contributed by atoms with Crippen molar-refractivity contribution in [1.29, 1.82) is 0 Å². The molecule has 0 bridgehead atoms. The monoisotopic (exact) mass is 269 g/mol. The highest BCUT2D eigenvalue weighted by atomic mass is 16.5. The Morgan fingerprint density at radius 3 is 2.53 bits per heavy atom. The molecule has 0 aromatic heterocycles. The van der Waals surface area contributed by atoms with Gasteiger partial charge in [-0.15, -0.1) is 0 Å². The van der Waals surface area contributed by atoms with Crippen molar-refractivity contribution in [2.75, 3.05) is 6.61 Å². The average Bonchev–Trinajstić information content (AvgIpc) is 2.84. The smallest absolute Gasteiger partial charge is 0.326 e. The summed E-state index contributed by atoms with van der Waals surface area (Å²) in [4.78, 5) is 23.4. The molecule has 5 nitrogen and oxygen atoms in total. The van der Waals surface area contributed by atoms with Crippen molar-refractivity contribution in [1.82, 2.24) is 5.32 Å². The van der Waals surface area contributed by atoms with Gasteiger partial charge in [0.15, 0.2) is 0 Å². The van der Waals surface area contributed by atoms with Crippen LogP contribution in [0.15, 0.2) is 12.2 Å². The number of carboxylic acids is 1. The van der Waals surface area contributed by atoms with Crippen LogP contribution in [0.5, 0.6) is 0 Å². The van der Waals surface area contributed by atoms with E-state index in [2.05, 4.69) is 5.32 Å². The summed E-state index contributed by atoms with van der Waals surface area (Å²) in [6.07, 6.45) is 7.03. The zero-order chi connectivity index (χ0) is 14.3. The molecule has 5 heteroatoms. The van der Waals surface area contributed by atoms with Crippen LogP contribution in [0.4, 0.5) is 0 Å². The van der Waals surface area contributed by atoms with E-state index >= 15 is 0 Å². The number of carbonyl (C=O) groups is 2. The molecule has 108 valence electrons. The third-order valence-electron chi connectivity index (χ3n) is 3.46. The van der Waals surface area contributed by atoms with E-state index in [1.54, 1.807) is 12.2 Å². The first kappa shape index (κ1) is 15.7. The number of carboxylic acid groups (broad SMARTS) is 1. The molecule has 0 radical (unpaired) electrons. The van der Waals surface area contributed by atoms with Gasteiger partial charge in [-0.2, -0.15) is 0 Å². The first-order valence-electron chi connectivity index (χ1n) is 6.84. The predicted octanol–water partition coefficient (Wildman–Crippen LogP) is 1.87. The van der Waals surface area contributed by atoms with Gasteiger partial charge >= 0.3 is 5.97 Å². The molecule has 0 aromatic rings. The Hall–Kier alpha value is -1.36. The second-order valence-corrected chi connectivity index (χ2v) is 4.80. The van der Waals surface area contributed by atoms with Gasteiger partial charge in [-0.1, -0.05) is 12.2 Å². The van der Waals surface area contributed by atoms with E-state index in [1.165, 1.54) is 0 Å². The van der Waals surface area contributed by atoms with E-state index in [-0.39, 0.29) is 5.91 Å². The van der Waals surface area contributed by atoms with Gasteiger partial charge in [0.05, 0.1) is 0 Å². The second kappa shape index (κ2) is 7.28. The molecule has 1 rings (SSSR count). The van der Waals surface area contributed by atoms with E-state index in [9.17, 15) is 9.59 Å². The summed E-state index contributed by atoms with van der Waals surface area (Å²) >= 11 is 0. The Morgan fingerprint density at radius 1 is 1.42 bits per heavy atom. The fraction of sp³-hybridized carbons (Fsp3) is 0.714. The van der Waals surface area contributed by atoms with Crippen LogP contribution in [0.2, 0.25) is 0 Å². The Kier molecular flexibility index (Phi) is 6.02. The van der Waals surface area contributed by atoms with Gasteiger partial charge < -0.3 is 15.2 Å². The van der Waals surface area contributed by atoms with E-state index in [1.807, 2.05) is 13.8 Å². The number of hydrogen-bond donors (Lipinski definition) is 2. The summed E-state index contributed by atoms with van der Waals surface area (Å²) in [6, 6.07) is -0.887. The molecular formula is C14H23NO4. The molecule has 0 heterocycles. The molecule has 1 saturated carbocycles. The number of rotatable bonds is 7. The zero-order valence-corrected chi connectivity index (χ0v) is 11.6. The van der Waals surface area contributed by atoms with Crippen LogP contribution >= 0.6 is 0 Å². The maximum atomic E-state index is 12.3. The molecule has 0 aromatic carbocycles. The first-order valence-corrected chi connectivity index (χ1v) is 6.84. The number of allylic oxidation sites excluding steroid dienone is 1. The summed E-state index contributed by atoms with van der Waals surface area (Å²) in [5, 5.41) is 11.7. The van der Waals surface area contributed by atoms with Gasteiger partial charge in [0.2, 0.25) is 0 Å². The van der Waals surface area contributed by atoms with E-state index < -0.39 is 17.6 Å². The van der Waals surface area contributed by atoms with Crippen LogP contribution < -0.4 is 5.32 Å². The van der Waals surface area contributed by atoms with E-state index in [0.717, 1.165) is 12.8 Å². The third kappa shape index (κ3) is 4.06. The highest BCUT2D eigenvalue weighted by Crippen LogP contribution is 2.33. The fourth-order valence-electron chi connectivity index (χ4n) is 2.44. The normalized spacial score (nSPS) is 19.5. The van der Waals surface area contributed by atoms with Crippen molar-refractivity contribution in [2.24, 2.45) is 0 Å². The number of carbonyl (C=O) groups excluding carboxylic acids is 1. The molecule has 0 spiro atoms. The lowest BCUT2D eigenvalue weighted by Gasteiger charge is -2.29. The van der Waals surface area contributed by atoms with Crippen molar-refractivity contribution < 1.29 is 19.4 Å². The van der Waals surface area contributed by atoms with Crippen LogP contribution in [0.1, 0.15) is 46.0 Å². The number of amides is 1. The number of aliphatic carboxylic acids is 1. The second-order valence-electron chi connectivity index (χ2n) is 4.80. The van der Waals surface area contributed by atoms with Gasteiger partial charge in [-0.3, -0.25) is 4.79 Å². The molecule has 1 fully saturated rings. The quantitative estimate of drug-likeness (QED) is 0.692. The highest BCUT2D eigenvalue weighted by molar-refractivity contribution is 5.89. The van der Waals surface area contributed by atoms with Gasteiger partial charge in [-0.05, 0) is 46.0 Å². The van der Waals surface area contributed by atoms with Crippen LogP contribution in [-0.4, -0.2) is 35.2 Å². The number of nitrogens with one attached hydrogen (secondary N) is 1. The van der Waals surface area contributed by atoms with Gasteiger partial charge in [0, 0.05) is 6.61 Å². The summed E-state index contributed by atoms with van der Waals surface area (Å²) < 4.78 is 5.61. The largest absolute Gasteiger partial charge is 0.480 e. The minimum Gasteiger partial charge on any atom is -0.480 e. The number of hydrogen-bond acceptors (Lipinski definition) is 3. The standard InChI is InChI=1S/C14H23NO4/c1-3-5-8-11(12(16)17)15-13(18)14(19-4-2)9-6-7-10-14/h3,5,11H,4,6-10H2,1-2H3,(H,15,18)(H,16,17)/b5-3+. The summed E-state index contributed by atoms with van der Waals surface area (Å²) in [5.41, 5.74) is -0.821. The van der Waals surface area contributed by atoms with Gasteiger partial charge in [0.25, 0.3) is 5.91 Å². The molecule has 1 unspecified atom stereocenters. The Bertz CT molecular complexity index is 345. The molecule has 1 atom stereocenters. The van der Waals surface area contributed by atoms with Crippen molar-refractivity contribution >= 4 is 11.9 Å². The van der Waals surface area contributed by atoms with Crippen molar-refractivity contribution in [3.05, 3.63) is 12.2 Å². The maximum Gasteiger partial charge on any atom is 0.326 e. The van der Waals surface area contributed by atoms with Crippen molar-refractivity contribution in [2.45, 2.75) is 57.6 Å². The maximum absolute atomic E-state index is 12.3. The fourth-order valence-corrected chi connectivity index (χ4v) is 2.44.